The smallest absolute Gasteiger partial charge is 0.0995 e. The molecule has 1 aliphatic rings. The maximum absolute atomic E-state index is 4.25. The largest absolute Gasteiger partial charge is 0.373 e. The number of benzene rings is 1. The molecule has 2 heterocycles. The molecule has 0 unspecified atom stereocenters. The first-order chi connectivity index (χ1) is 7.58. The van der Waals surface area contributed by atoms with Crippen LogP contribution in [0.1, 0.15) is 25.1 Å². The molecule has 0 atom stereocenters. The van der Waals surface area contributed by atoms with Crippen LogP contribution in [0.25, 0.3) is 5.69 Å². The van der Waals surface area contributed by atoms with Crippen molar-refractivity contribution in [1.82, 2.24) is 9.55 Å². The Bertz CT molecular complexity index is 552. The summed E-state index contributed by atoms with van der Waals surface area (Å²) in [5.41, 5.74) is 4.75. The van der Waals surface area contributed by atoms with Gasteiger partial charge >= 0.3 is 0 Å². The summed E-state index contributed by atoms with van der Waals surface area (Å²) >= 11 is 0. The van der Waals surface area contributed by atoms with Crippen molar-refractivity contribution in [3.8, 4) is 5.69 Å². The van der Waals surface area contributed by atoms with E-state index in [9.17, 15) is 0 Å². The predicted octanol–water partition coefficient (Wildman–Crippen LogP) is 2.84. The second-order valence-corrected chi connectivity index (χ2v) is 4.92. The molecule has 0 fully saturated rings. The summed E-state index contributed by atoms with van der Waals surface area (Å²) < 4.78 is 2.17. The molecule has 3 heteroatoms. The van der Waals surface area contributed by atoms with Crippen molar-refractivity contribution >= 4 is 5.69 Å². The Morgan fingerprint density at radius 1 is 1.31 bits per heavy atom. The van der Waals surface area contributed by atoms with Crippen LogP contribution < -0.4 is 5.32 Å². The van der Waals surface area contributed by atoms with Crippen LogP contribution in [0.3, 0.4) is 0 Å². The second-order valence-electron chi connectivity index (χ2n) is 4.92. The van der Waals surface area contributed by atoms with Crippen molar-refractivity contribution in [3.05, 3.63) is 42.0 Å². The van der Waals surface area contributed by atoms with Crippen LogP contribution in [0, 0.1) is 6.92 Å². The van der Waals surface area contributed by atoms with E-state index in [1.54, 1.807) is 0 Å². The molecule has 0 aliphatic carbocycles. The monoisotopic (exact) mass is 213 g/mol. The molecule has 1 N–H and O–H groups in total. The average molecular weight is 213 g/mol. The van der Waals surface area contributed by atoms with E-state index >= 15 is 0 Å². The molecule has 3 rings (SSSR count). The van der Waals surface area contributed by atoms with Gasteiger partial charge in [-0.25, -0.2) is 4.98 Å². The van der Waals surface area contributed by atoms with Crippen LogP contribution in [0.4, 0.5) is 5.69 Å². The lowest BCUT2D eigenvalue weighted by Gasteiger charge is -2.34. The number of nitrogens with one attached hydrogen (secondary N) is 1. The Morgan fingerprint density at radius 3 is 2.94 bits per heavy atom. The van der Waals surface area contributed by atoms with Crippen molar-refractivity contribution in [3.63, 3.8) is 0 Å². The molecule has 0 saturated carbocycles. The van der Waals surface area contributed by atoms with E-state index in [-0.39, 0.29) is 5.54 Å². The van der Waals surface area contributed by atoms with Crippen LogP contribution >= 0.6 is 0 Å². The van der Waals surface area contributed by atoms with Gasteiger partial charge in [0.05, 0.1) is 35.1 Å². The maximum Gasteiger partial charge on any atom is 0.0995 e. The molecule has 82 valence electrons. The van der Waals surface area contributed by atoms with E-state index in [1.807, 2.05) is 12.5 Å². The normalized spacial score (nSPS) is 16.2. The first-order valence-corrected chi connectivity index (χ1v) is 5.50. The molecule has 1 aromatic heterocycles. The summed E-state index contributed by atoms with van der Waals surface area (Å²) in [6.07, 6.45) is 3.81. The van der Waals surface area contributed by atoms with Gasteiger partial charge in [0, 0.05) is 0 Å². The van der Waals surface area contributed by atoms with Crippen LogP contribution in [0.15, 0.2) is 30.7 Å². The van der Waals surface area contributed by atoms with E-state index < -0.39 is 0 Å². The highest BCUT2D eigenvalue weighted by molar-refractivity contribution is 5.67. The molecule has 2 aromatic rings. The van der Waals surface area contributed by atoms with Crippen molar-refractivity contribution in [1.29, 1.82) is 0 Å². The van der Waals surface area contributed by atoms with Crippen LogP contribution in [-0.4, -0.2) is 9.55 Å². The van der Waals surface area contributed by atoms with Gasteiger partial charge in [-0.15, -0.1) is 0 Å². The van der Waals surface area contributed by atoms with Gasteiger partial charge in [0.15, 0.2) is 0 Å². The number of rotatable bonds is 0. The van der Waals surface area contributed by atoms with Gasteiger partial charge < -0.3 is 5.32 Å². The van der Waals surface area contributed by atoms with E-state index in [2.05, 4.69) is 53.8 Å². The van der Waals surface area contributed by atoms with Crippen molar-refractivity contribution < 1.29 is 0 Å². The summed E-state index contributed by atoms with van der Waals surface area (Å²) in [5.74, 6) is 0. The van der Waals surface area contributed by atoms with Gasteiger partial charge in [-0.1, -0.05) is 6.07 Å². The van der Waals surface area contributed by atoms with Crippen LogP contribution in [-0.2, 0) is 5.54 Å². The third kappa shape index (κ3) is 1.18. The summed E-state index contributed by atoms with van der Waals surface area (Å²) in [5, 5.41) is 3.54. The fourth-order valence-corrected chi connectivity index (χ4v) is 2.30. The zero-order valence-corrected chi connectivity index (χ0v) is 9.78. The Morgan fingerprint density at radius 2 is 2.12 bits per heavy atom. The summed E-state index contributed by atoms with van der Waals surface area (Å²) in [6, 6.07) is 6.45. The lowest BCUT2D eigenvalue weighted by Crippen LogP contribution is -2.34. The minimum atomic E-state index is -0.0707. The zero-order valence-electron chi connectivity index (χ0n) is 9.78. The molecular weight excluding hydrogens is 198 g/mol. The van der Waals surface area contributed by atoms with Crippen molar-refractivity contribution in [2.45, 2.75) is 26.3 Å². The Hall–Kier alpha value is -1.77. The van der Waals surface area contributed by atoms with Gasteiger partial charge in [-0.3, -0.25) is 4.57 Å². The quantitative estimate of drug-likeness (QED) is 0.729. The Kier molecular flexibility index (Phi) is 1.70. The zero-order chi connectivity index (χ0) is 11.3. The van der Waals surface area contributed by atoms with Crippen LogP contribution in [0.2, 0.25) is 0 Å². The van der Waals surface area contributed by atoms with E-state index in [4.69, 9.17) is 0 Å². The van der Waals surface area contributed by atoms with Crippen molar-refractivity contribution in [2.75, 3.05) is 5.32 Å². The number of aromatic nitrogens is 2. The highest BCUT2D eigenvalue weighted by Gasteiger charge is 2.30. The number of anilines is 1. The van der Waals surface area contributed by atoms with Gasteiger partial charge in [0.25, 0.3) is 0 Å². The lowest BCUT2D eigenvalue weighted by atomic mass is 9.97. The molecule has 16 heavy (non-hydrogen) atoms. The number of nitrogens with zero attached hydrogens (tertiary/aromatic N) is 2. The molecule has 0 bridgehead atoms. The van der Waals surface area contributed by atoms with Crippen molar-refractivity contribution in [2.24, 2.45) is 0 Å². The fraction of sp³-hybridized carbons (Fsp3) is 0.308. The highest BCUT2D eigenvalue weighted by atomic mass is 15.2. The summed E-state index contributed by atoms with van der Waals surface area (Å²) in [7, 11) is 0. The average Bonchev–Trinajstić information content (AvgIpc) is 2.69. The molecule has 0 amide bonds. The van der Waals surface area contributed by atoms with Gasteiger partial charge in [-0.2, -0.15) is 0 Å². The lowest BCUT2D eigenvalue weighted by molar-refractivity contribution is 0.560. The highest BCUT2D eigenvalue weighted by Crippen LogP contribution is 2.36. The molecule has 3 nitrogen and oxygen atoms in total. The van der Waals surface area contributed by atoms with Crippen LogP contribution in [0.5, 0.6) is 0 Å². The van der Waals surface area contributed by atoms with Gasteiger partial charge in [0.1, 0.15) is 0 Å². The number of aryl methyl sites for hydroxylation is 1. The first-order valence-electron chi connectivity index (χ1n) is 5.50. The number of hydrogen-bond acceptors (Lipinski definition) is 2. The number of fused-ring (bicyclic) bond motifs is 3. The topological polar surface area (TPSA) is 29.9 Å². The fourth-order valence-electron chi connectivity index (χ4n) is 2.30. The predicted molar refractivity (Wildman–Crippen MR) is 64.9 cm³/mol. The minimum absolute atomic E-state index is 0.0707. The minimum Gasteiger partial charge on any atom is -0.373 e. The summed E-state index contributed by atoms with van der Waals surface area (Å²) in [6.45, 7) is 6.45. The second kappa shape index (κ2) is 2.88. The van der Waals surface area contributed by atoms with E-state index in [1.165, 1.54) is 22.6 Å². The Labute approximate surface area is 95.1 Å². The standard InChI is InChI=1S/C13H15N3/c1-9-4-5-10-11(6-9)16-8-14-7-12(16)13(2,3)15-10/h4-8,15H,1-3H3. The maximum atomic E-state index is 4.25. The molecule has 0 radical (unpaired) electrons. The van der Waals surface area contributed by atoms with E-state index in [0.717, 1.165) is 0 Å². The first kappa shape index (κ1) is 9.46. The molecule has 1 aliphatic heterocycles. The number of hydrogen-bond donors (Lipinski definition) is 1. The SMILES string of the molecule is Cc1ccc2c(c1)-n1cncc1C(C)(C)N2. The molecule has 0 spiro atoms. The molecule has 0 saturated heterocycles. The Balaban J connectivity index is 2.31. The number of imidazole rings is 1. The van der Waals surface area contributed by atoms with Gasteiger partial charge in [0.2, 0.25) is 0 Å². The third-order valence-electron chi connectivity index (χ3n) is 3.14. The van der Waals surface area contributed by atoms with E-state index in [0.29, 0.717) is 0 Å². The van der Waals surface area contributed by atoms with Gasteiger partial charge in [-0.05, 0) is 38.5 Å². The molecular formula is C13H15N3. The molecule has 1 aromatic carbocycles. The third-order valence-corrected chi connectivity index (χ3v) is 3.14. The summed E-state index contributed by atoms with van der Waals surface area (Å²) in [4.78, 5) is 4.25.